The van der Waals surface area contributed by atoms with Gasteiger partial charge in [0.2, 0.25) is 0 Å². The zero-order valence-corrected chi connectivity index (χ0v) is 15.6. The van der Waals surface area contributed by atoms with Crippen LogP contribution in [0.3, 0.4) is 0 Å². The minimum Gasteiger partial charge on any atom is -0.482 e. The number of benzene rings is 2. The van der Waals surface area contributed by atoms with E-state index in [2.05, 4.69) is 10.9 Å². The van der Waals surface area contributed by atoms with Gasteiger partial charge in [0, 0.05) is 16.1 Å². The predicted molar refractivity (Wildman–Crippen MR) is 100.0 cm³/mol. The molecule has 9 heteroatoms. The number of hydrogen-bond donors (Lipinski definition) is 2. The molecule has 0 atom stereocenters. The van der Waals surface area contributed by atoms with Crippen molar-refractivity contribution in [1.82, 2.24) is 10.9 Å². The molecule has 0 bridgehead atoms. The Labute approximate surface area is 165 Å². The lowest BCUT2D eigenvalue weighted by Gasteiger charge is -2.09. The van der Waals surface area contributed by atoms with E-state index in [1.54, 1.807) is 24.3 Å². The Hall–Kier alpha value is -3.39. The molecule has 2 aromatic rings. The molecule has 2 N–H and O–H groups in total. The summed E-state index contributed by atoms with van der Waals surface area (Å²) in [6.45, 7) is 0.437. The van der Waals surface area contributed by atoms with Crippen molar-refractivity contribution in [3.05, 3.63) is 64.7 Å². The fraction of sp³-hybridized carbons (Fsp3) is 0.158. The van der Waals surface area contributed by atoms with Crippen molar-refractivity contribution in [2.75, 3.05) is 13.2 Å². The van der Waals surface area contributed by atoms with Crippen molar-refractivity contribution < 1.29 is 28.7 Å². The molecule has 2 rings (SSSR count). The maximum atomic E-state index is 11.8. The SMILES string of the molecule is CC(=O)c1ccc(OCC(=O)OCC(=O)NNC(=O)c2ccc(Cl)cc2)cc1. The summed E-state index contributed by atoms with van der Waals surface area (Å²) in [5, 5.41) is 0.476. The number of carbonyl (C=O) groups is 4. The van der Waals surface area contributed by atoms with Gasteiger partial charge in [0.1, 0.15) is 5.75 Å². The molecule has 0 aromatic heterocycles. The van der Waals surface area contributed by atoms with Crippen LogP contribution >= 0.6 is 11.6 Å². The largest absolute Gasteiger partial charge is 0.482 e. The number of rotatable bonds is 7. The zero-order valence-electron chi connectivity index (χ0n) is 14.9. The molecule has 8 nitrogen and oxygen atoms in total. The number of amides is 2. The first-order chi connectivity index (χ1) is 13.3. The Morgan fingerprint density at radius 3 is 2.07 bits per heavy atom. The van der Waals surface area contributed by atoms with Gasteiger partial charge in [0.05, 0.1) is 0 Å². The third-order valence-corrected chi connectivity index (χ3v) is 3.66. The summed E-state index contributed by atoms with van der Waals surface area (Å²) in [4.78, 5) is 46.2. The Kier molecular flexibility index (Phi) is 7.53. The van der Waals surface area contributed by atoms with Crippen LogP contribution in [-0.2, 0) is 14.3 Å². The first kappa shape index (κ1) is 20.9. The van der Waals surface area contributed by atoms with Gasteiger partial charge in [-0.1, -0.05) is 11.6 Å². The van der Waals surface area contributed by atoms with Crippen LogP contribution in [0, 0.1) is 0 Å². The second-order valence-corrected chi connectivity index (χ2v) is 5.98. The highest BCUT2D eigenvalue weighted by atomic mass is 35.5. The van der Waals surface area contributed by atoms with Gasteiger partial charge >= 0.3 is 5.97 Å². The van der Waals surface area contributed by atoms with E-state index in [1.807, 2.05) is 0 Å². The molecule has 0 unspecified atom stereocenters. The first-order valence-corrected chi connectivity index (χ1v) is 8.47. The van der Waals surface area contributed by atoms with Crippen molar-refractivity contribution in [1.29, 1.82) is 0 Å². The molecule has 0 heterocycles. The summed E-state index contributed by atoms with van der Waals surface area (Å²) in [5.41, 5.74) is 5.12. The molecule has 2 amide bonds. The molecule has 28 heavy (non-hydrogen) atoms. The van der Waals surface area contributed by atoms with Crippen LogP contribution in [0.1, 0.15) is 27.6 Å². The van der Waals surface area contributed by atoms with Crippen LogP contribution in [0.5, 0.6) is 5.75 Å². The lowest BCUT2D eigenvalue weighted by atomic mass is 10.1. The van der Waals surface area contributed by atoms with E-state index >= 15 is 0 Å². The highest BCUT2D eigenvalue weighted by Crippen LogP contribution is 2.12. The van der Waals surface area contributed by atoms with Gasteiger partial charge in [-0.25, -0.2) is 4.79 Å². The van der Waals surface area contributed by atoms with E-state index in [-0.39, 0.29) is 5.78 Å². The quantitative estimate of drug-likeness (QED) is 0.414. The lowest BCUT2D eigenvalue weighted by molar-refractivity contribution is -0.150. The van der Waals surface area contributed by atoms with Gasteiger partial charge in [0.25, 0.3) is 11.8 Å². The Morgan fingerprint density at radius 2 is 1.46 bits per heavy atom. The number of halogens is 1. The van der Waals surface area contributed by atoms with Gasteiger partial charge in [0.15, 0.2) is 19.0 Å². The number of ether oxygens (including phenoxy) is 2. The Balaban J connectivity index is 1.67. The highest BCUT2D eigenvalue weighted by Gasteiger charge is 2.11. The van der Waals surface area contributed by atoms with Crippen LogP contribution in [0.2, 0.25) is 5.02 Å². The lowest BCUT2D eigenvalue weighted by Crippen LogP contribution is -2.43. The molecule has 0 aliphatic rings. The van der Waals surface area contributed by atoms with Crippen molar-refractivity contribution in [3.8, 4) is 5.75 Å². The number of esters is 1. The van der Waals surface area contributed by atoms with Crippen LogP contribution in [0.15, 0.2) is 48.5 Å². The second-order valence-electron chi connectivity index (χ2n) is 5.54. The average Bonchev–Trinajstić information content (AvgIpc) is 2.69. The first-order valence-electron chi connectivity index (χ1n) is 8.09. The third-order valence-electron chi connectivity index (χ3n) is 3.40. The van der Waals surface area contributed by atoms with Crippen LogP contribution < -0.4 is 15.6 Å². The minimum atomic E-state index is -0.769. The third kappa shape index (κ3) is 6.73. The van der Waals surface area contributed by atoms with E-state index in [1.165, 1.54) is 31.2 Å². The van der Waals surface area contributed by atoms with Crippen LogP contribution in [-0.4, -0.2) is 36.8 Å². The molecular weight excluding hydrogens is 388 g/mol. The number of nitrogens with one attached hydrogen (secondary N) is 2. The topological polar surface area (TPSA) is 111 Å². The zero-order chi connectivity index (χ0) is 20.5. The molecular formula is C19H17ClN2O6. The predicted octanol–water partition coefficient (Wildman–Crippen LogP) is 1.93. The molecule has 146 valence electrons. The summed E-state index contributed by atoms with van der Waals surface area (Å²) in [6, 6.07) is 12.3. The Bertz CT molecular complexity index is 865. The molecule has 0 fully saturated rings. The van der Waals surface area contributed by atoms with Crippen molar-refractivity contribution in [2.45, 2.75) is 6.92 Å². The fourth-order valence-corrected chi connectivity index (χ4v) is 2.08. The van der Waals surface area contributed by atoms with Crippen molar-refractivity contribution in [3.63, 3.8) is 0 Å². The van der Waals surface area contributed by atoms with Gasteiger partial charge in [-0.05, 0) is 55.5 Å². The standard InChI is InChI=1S/C19H17ClN2O6/c1-12(23)13-4-8-16(9-5-13)27-11-18(25)28-10-17(24)21-22-19(26)14-2-6-15(20)7-3-14/h2-9H,10-11H2,1H3,(H,21,24)(H,22,26). The number of hydrazine groups is 1. The van der Waals surface area contributed by atoms with E-state index in [4.69, 9.17) is 21.1 Å². The van der Waals surface area contributed by atoms with E-state index in [0.717, 1.165) is 0 Å². The van der Waals surface area contributed by atoms with Crippen molar-refractivity contribution in [2.24, 2.45) is 0 Å². The van der Waals surface area contributed by atoms with Gasteiger partial charge in [-0.2, -0.15) is 0 Å². The monoisotopic (exact) mass is 404 g/mol. The molecule has 0 aliphatic heterocycles. The molecule has 0 spiro atoms. The summed E-state index contributed by atoms with van der Waals surface area (Å²) in [6.07, 6.45) is 0. The van der Waals surface area contributed by atoms with Crippen LogP contribution in [0.25, 0.3) is 0 Å². The van der Waals surface area contributed by atoms with E-state index < -0.39 is 31.0 Å². The van der Waals surface area contributed by atoms with Crippen LogP contribution in [0.4, 0.5) is 0 Å². The molecule has 0 saturated carbocycles. The molecule has 0 radical (unpaired) electrons. The van der Waals surface area contributed by atoms with Gasteiger partial charge in [-0.15, -0.1) is 0 Å². The number of ketones is 1. The summed E-state index contributed by atoms with van der Waals surface area (Å²) < 4.78 is 9.94. The Morgan fingerprint density at radius 1 is 0.857 bits per heavy atom. The van der Waals surface area contributed by atoms with Gasteiger partial charge in [-0.3, -0.25) is 25.2 Å². The molecule has 0 saturated heterocycles. The van der Waals surface area contributed by atoms with Crippen molar-refractivity contribution >= 4 is 35.2 Å². The van der Waals surface area contributed by atoms with E-state index in [9.17, 15) is 19.2 Å². The number of Topliss-reactive ketones (excluding diaryl/α,β-unsaturated/α-hetero) is 1. The molecule has 2 aromatic carbocycles. The summed E-state index contributed by atoms with van der Waals surface area (Å²) in [7, 11) is 0. The maximum Gasteiger partial charge on any atom is 0.344 e. The normalized spacial score (nSPS) is 9.93. The molecule has 0 aliphatic carbocycles. The second kappa shape index (κ2) is 10.1. The van der Waals surface area contributed by atoms with Gasteiger partial charge < -0.3 is 9.47 Å². The highest BCUT2D eigenvalue weighted by molar-refractivity contribution is 6.30. The summed E-state index contributed by atoms with van der Waals surface area (Å²) >= 11 is 5.73. The maximum absolute atomic E-state index is 11.8. The summed E-state index contributed by atoms with van der Waals surface area (Å²) in [5.74, 6) is -1.74. The number of carbonyl (C=O) groups excluding carboxylic acids is 4. The fourth-order valence-electron chi connectivity index (χ4n) is 1.95. The van der Waals surface area contributed by atoms with E-state index in [0.29, 0.717) is 21.9 Å². The average molecular weight is 405 g/mol. The minimum absolute atomic E-state index is 0.0832. The smallest absolute Gasteiger partial charge is 0.344 e. The number of hydrogen-bond acceptors (Lipinski definition) is 6.